The third-order valence-electron chi connectivity index (χ3n) is 5.35. The minimum Gasteiger partial charge on any atom is -0.485 e. The van der Waals surface area contributed by atoms with Crippen molar-refractivity contribution in [3.8, 4) is 11.4 Å². The summed E-state index contributed by atoms with van der Waals surface area (Å²) in [5, 5.41) is 12.3. The second kappa shape index (κ2) is 10.7. The van der Waals surface area contributed by atoms with Crippen molar-refractivity contribution >= 4 is 17.7 Å². The highest BCUT2D eigenvalue weighted by molar-refractivity contribution is 7.99. The Balaban J connectivity index is 1.46. The molecule has 1 N–H and O–H groups in total. The molecule has 3 aromatic rings. The molecule has 32 heavy (non-hydrogen) atoms. The summed E-state index contributed by atoms with van der Waals surface area (Å²) >= 11 is 1.36. The molecule has 168 valence electrons. The van der Waals surface area contributed by atoms with Gasteiger partial charge in [-0.05, 0) is 49.9 Å². The van der Waals surface area contributed by atoms with E-state index in [-0.39, 0.29) is 24.4 Å². The molecule has 4 rings (SSSR count). The molecular formula is C24H28N4O3S. The molecule has 2 heterocycles. The van der Waals surface area contributed by atoms with Crippen LogP contribution in [0.25, 0.3) is 5.69 Å². The molecule has 1 aliphatic heterocycles. The number of nitrogens with zero attached hydrogens (tertiary/aromatic N) is 3. The van der Waals surface area contributed by atoms with E-state index in [2.05, 4.69) is 15.5 Å². The number of amides is 1. The lowest BCUT2D eigenvalue weighted by Crippen LogP contribution is -2.32. The van der Waals surface area contributed by atoms with E-state index in [1.165, 1.54) is 11.8 Å². The van der Waals surface area contributed by atoms with E-state index in [0.717, 1.165) is 42.0 Å². The number of aromatic nitrogens is 3. The van der Waals surface area contributed by atoms with Crippen molar-refractivity contribution in [3.05, 3.63) is 65.5 Å². The maximum absolute atomic E-state index is 12.3. The molecule has 0 saturated carbocycles. The zero-order valence-corrected chi connectivity index (χ0v) is 19.2. The summed E-state index contributed by atoms with van der Waals surface area (Å²) in [6.07, 6.45) is 2.19. The molecule has 0 aliphatic carbocycles. The van der Waals surface area contributed by atoms with Crippen LogP contribution in [0, 0.1) is 13.8 Å². The fourth-order valence-corrected chi connectivity index (χ4v) is 4.50. The SMILES string of the molecule is Cc1cccc(C)c1OCc1nnc(SCC(=O)NC[C@@H]2CCCO2)n1-c1ccccc1. The van der Waals surface area contributed by atoms with Gasteiger partial charge in [0, 0.05) is 18.8 Å². The third kappa shape index (κ3) is 5.49. The van der Waals surface area contributed by atoms with E-state index in [0.29, 0.717) is 17.5 Å². The summed E-state index contributed by atoms with van der Waals surface area (Å²) in [5.74, 6) is 1.76. The minimum absolute atomic E-state index is 0.0403. The van der Waals surface area contributed by atoms with Crippen LogP contribution in [0.3, 0.4) is 0 Å². The van der Waals surface area contributed by atoms with Crippen molar-refractivity contribution in [1.29, 1.82) is 0 Å². The van der Waals surface area contributed by atoms with Crippen molar-refractivity contribution in [2.45, 2.75) is 44.6 Å². The van der Waals surface area contributed by atoms with Gasteiger partial charge in [-0.1, -0.05) is 48.2 Å². The Morgan fingerprint density at radius 1 is 1.16 bits per heavy atom. The molecule has 0 unspecified atom stereocenters. The molecule has 0 radical (unpaired) electrons. The minimum atomic E-state index is -0.0403. The monoisotopic (exact) mass is 452 g/mol. The van der Waals surface area contributed by atoms with E-state index in [1.807, 2.05) is 66.9 Å². The highest BCUT2D eigenvalue weighted by atomic mass is 32.2. The molecule has 8 heteroatoms. The number of ether oxygens (including phenoxy) is 2. The van der Waals surface area contributed by atoms with Crippen LogP contribution in [0.4, 0.5) is 0 Å². The number of aryl methyl sites for hydroxylation is 2. The first kappa shape index (κ1) is 22.4. The first-order valence-electron chi connectivity index (χ1n) is 10.8. The molecule has 7 nitrogen and oxygen atoms in total. The number of para-hydroxylation sites is 2. The van der Waals surface area contributed by atoms with Crippen LogP contribution in [0.2, 0.25) is 0 Å². The van der Waals surface area contributed by atoms with E-state index >= 15 is 0 Å². The van der Waals surface area contributed by atoms with Crippen LogP contribution in [-0.2, 0) is 16.1 Å². The maximum Gasteiger partial charge on any atom is 0.230 e. The maximum atomic E-state index is 12.3. The smallest absolute Gasteiger partial charge is 0.230 e. The summed E-state index contributed by atoms with van der Waals surface area (Å²) in [6.45, 7) is 5.67. The zero-order valence-electron chi connectivity index (χ0n) is 18.4. The van der Waals surface area contributed by atoms with Gasteiger partial charge in [0.15, 0.2) is 11.0 Å². The molecule has 1 atom stereocenters. The van der Waals surface area contributed by atoms with Crippen molar-refractivity contribution in [2.24, 2.45) is 0 Å². The molecule has 1 aliphatic rings. The zero-order chi connectivity index (χ0) is 22.3. The third-order valence-corrected chi connectivity index (χ3v) is 6.28. The number of nitrogens with one attached hydrogen (secondary N) is 1. The van der Waals surface area contributed by atoms with Crippen molar-refractivity contribution in [2.75, 3.05) is 18.9 Å². The Morgan fingerprint density at radius 3 is 2.66 bits per heavy atom. The fraction of sp³-hybridized carbons (Fsp3) is 0.375. The van der Waals surface area contributed by atoms with Crippen LogP contribution >= 0.6 is 11.8 Å². The molecule has 0 spiro atoms. The predicted octanol–water partition coefficient (Wildman–Crippen LogP) is 3.85. The highest BCUT2D eigenvalue weighted by Gasteiger charge is 2.19. The van der Waals surface area contributed by atoms with E-state index in [9.17, 15) is 4.79 Å². The molecule has 2 aromatic carbocycles. The van der Waals surface area contributed by atoms with Gasteiger partial charge < -0.3 is 14.8 Å². The predicted molar refractivity (Wildman–Crippen MR) is 124 cm³/mol. The Hall–Kier alpha value is -2.84. The van der Waals surface area contributed by atoms with Gasteiger partial charge in [0.25, 0.3) is 0 Å². The number of rotatable bonds is 9. The summed E-state index contributed by atoms with van der Waals surface area (Å²) < 4.78 is 13.6. The summed E-state index contributed by atoms with van der Waals surface area (Å²) in [4.78, 5) is 12.3. The van der Waals surface area contributed by atoms with Gasteiger partial charge in [-0.25, -0.2) is 0 Å². The van der Waals surface area contributed by atoms with Gasteiger partial charge in [0.05, 0.1) is 11.9 Å². The fourth-order valence-electron chi connectivity index (χ4n) is 3.70. The Labute approximate surface area is 192 Å². The van der Waals surface area contributed by atoms with Gasteiger partial charge in [-0.15, -0.1) is 10.2 Å². The molecular weight excluding hydrogens is 424 g/mol. The average molecular weight is 453 g/mol. The van der Waals surface area contributed by atoms with Gasteiger partial charge in [0.2, 0.25) is 5.91 Å². The number of carbonyl (C=O) groups is 1. The Kier molecular flexibility index (Phi) is 7.44. The van der Waals surface area contributed by atoms with E-state index in [4.69, 9.17) is 9.47 Å². The van der Waals surface area contributed by atoms with Crippen LogP contribution < -0.4 is 10.1 Å². The standard InChI is InChI=1S/C24H28N4O3S/c1-17-8-6-9-18(2)23(17)31-15-21-26-27-24(28(21)19-10-4-3-5-11-19)32-16-22(29)25-14-20-12-7-13-30-20/h3-6,8-11,20H,7,12-16H2,1-2H3,(H,25,29)/t20-/m0/s1. The Bertz CT molecular complexity index is 1030. The summed E-state index contributed by atoms with van der Waals surface area (Å²) in [7, 11) is 0. The number of benzene rings is 2. The number of thioether (sulfide) groups is 1. The van der Waals surface area contributed by atoms with Gasteiger partial charge in [-0.3, -0.25) is 9.36 Å². The quantitative estimate of drug-likeness (QED) is 0.497. The highest BCUT2D eigenvalue weighted by Crippen LogP contribution is 2.26. The Morgan fingerprint density at radius 2 is 1.94 bits per heavy atom. The number of hydrogen-bond acceptors (Lipinski definition) is 6. The molecule has 1 fully saturated rings. The molecule has 1 aromatic heterocycles. The topological polar surface area (TPSA) is 78.3 Å². The van der Waals surface area contributed by atoms with E-state index < -0.39 is 0 Å². The summed E-state index contributed by atoms with van der Waals surface area (Å²) in [5.41, 5.74) is 3.08. The first-order valence-corrected chi connectivity index (χ1v) is 11.8. The normalized spacial score (nSPS) is 15.6. The van der Waals surface area contributed by atoms with Crippen molar-refractivity contribution in [1.82, 2.24) is 20.1 Å². The van der Waals surface area contributed by atoms with Crippen LogP contribution in [-0.4, -0.2) is 45.7 Å². The second-order valence-corrected chi connectivity index (χ2v) is 8.75. The van der Waals surface area contributed by atoms with Crippen molar-refractivity contribution < 1.29 is 14.3 Å². The van der Waals surface area contributed by atoms with Crippen molar-refractivity contribution in [3.63, 3.8) is 0 Å². The van der Waals surface area contributed by atoms with Gasteiger partial charge in [0.1, 0.15) is 12.4 Å². The first-order chi connectivity index (χ1) is 15.6. The number of carbonyl (C=O) groups excluding carboxylic acids is 1. The van der Waals surface area contributed by atoms with Gasteiger partial charge >= 0.3 is 0 Å². The van der Waals surface area contributed by atoms with Gasteiger partial charge in [-0.2, -0.15) is 0 Å². The second-order valence-electron chi connectivity index (χ2n) is 7.81. The molecule has 1 saturated heterocycles. The molecule has 1 amide bonds. The number of hydrogen-bond donors (Lipinski definition) is 1. The summed E-state index contributed by atoms with van der Waals surface area (Å²) in [6, 6.07) is 16.0. The van der Waals surface area contributed by atoms with Crippen LogP contribution in [0.1, 0.15) is 29.8 Å². The molecule has 0 bridgehead atoms. The average Bonchev–Trinajstić information content (AvgIpc) is 3.46. The van der Waals surface area contributed by atoms with Crippen LogP contribution in [0.5, 0.6) is 5.75 Å². The lowest BCUT2D eigenvalue weighted by molar-refractivity contribution is -0.119. The van der Waals surface area contributed by atoms with Crippen LogP contribution in [0.15, 0.2) is 53.7 Å². The lowest BCUT2D eigenvalue weighted by Gasteiger charge is -2.14. The largest absolute Gasteiger partial charge is 0.485 e. The lowest BCUT2D eigenvalue weighted by atomic mass is 10.1. The van der Waals surface area contributed by atoms with E-state index in [1.54, 1.807) is 0 Å².